The van der Waals surface area contributed by atoms with Gasteiger partial charge in [0.15, 0.2) is 0 Å². The molecule has 0 saturated heterocycles. The van der Waals surface area contributed by atoms with Crippen molar-refractivity contribution in [1.29, 1.82) is 0 Å². The molecule has 0 aliphatic rings. The Morgan fingerprint density at radius 2 is 2.16 bits per heavy atom. The van der Waals surface area contributed by atoms with Gasteiger partial charge in [-0.25, -0.2) is 4.98 Å². The third-order valence-corrected chi connectivity index (χ3v) is 3.44. The maximum absolute atomic E-state index is 12.0. The van der Waals surface area contributed by atoms with E-state index in [1.807, 2.05) is 37.3 Å². The van der Waals surface area contributed by atoms with Gasteiger partial charge in [0.1, 0.15) is 10.7 Å². The van der Waals surface area contributed by atoms with Crippen LogP contribution < -0.4 is 5.32 Å². The number of rotatable bonds is 5. The summed E-state index contributed by atoms with van der Waals surface area (Å²) < 4.78 is 4.98. The number of carbonyl (C=O) groups is 1. The number of hydrogen-bond acceptors (Lipinski definition) is 4. The molecule has 1 atom stereocenters. The molecule has 2 rings (SSSR count). The zero-order chi connectivity index (χ0) is 13.7. The normalized spacial score (nSPS) is 12.1. The van der Waals surface area contributed by atoms with Crippen molar-refractivity contribution in [1.82, 2.24) is 10.3 Å². The lowest BCUT2D eigenvalue weighted by Gasteiger charge is -2.11. The molecule has 0 spiro atoms. The Labute approximate surface area is 116 Å². The summed E-state index contributed by atoms with van der Waals surface area (Å²) in [6, 6.07) is 9.80. The molecule has 5 heteroatoms. The second-order valence-electron chi connectivity index (χ2n) is 4.23. The summed E-state index contributed by atoms with van der Waals surface area (Å²) in [5.41, 5.74) is 1.48. The highest BCUT2D eigenvalue weighted by molar-refractivity contribution is 7.13. The van der Waals surface area contributed by atoms with E-state index in [1.54, 1.807) is 12.5 Å². The smallest absolute Gasteiger partial charge is 0.271 e. The average molecular weight is 276 g/mol. The zero-order valence-electron chi connectivity index (χ0n) is 10.9. The molecule has 100 valence electrons. The highest BCUT2D eigenvalue weighted by atomic mass is 32.1. The van der Waals surface area contributed by atoms with Crippen LogP contribution in [0.25, 0.3) is 10.6 Å². The van der Waals surface area contributed by atoms with E-state index < -0.39 is 0 Å². The largest absolute Gasteiger partial charge is 0.383 e. The minimum atomic E-state index is -0.164. The van der Waals surface area contributed by atoms with Crippen LogP contribution >= 0.6 is 11.3 Å². The molecule has 0 aliphatic carbocycles. The van der Waals surface area contributed by atoms with Crippen molar-refractivity contribution < 1.29 is 9.53 Å². The van der Waals surface area contributed by atoms with Gasteiger partial charge in [0.05, 0.1) is 6.61 Å². The number of nitrogens with one attached hydrogen (secondary N) is 1. The monoisotopic (exact) mass is 276 g/mol. The lowest BCUT2D eigenvalue weighted by atomic mass is 10.2. The van der Waals surface area contributed by atoms with Crippen LogP contribution in [0.1, 0.15) is 17.4 Å². The fourth-order valence-corrected chi connectivity index (χ4v) is 2.49. The van der Waals surface area contributed by atoms with Crippen LogP contribution in [0.15, 0.2) is 35.7 Å². The summed E-state index contributed by atoms with van der Waals surface area (Å²) in [6.45, 7) is 2.38. The Hall–Kier alpha value is -1.72. The number of amides is 1. The molecule has 1 heterocycles. The molecule has 0 bridgehead atoms. The van der Waals surface area contributed by atoms with Crippen molar-refractivity contribution in [2.45, 2.75) is 13.0 Å². The van der Waals surface area contributed by atoms with E-state index in [2.05, 4.69) is 10.3 Å². The van der Waals surface area contributed by atoms with Crippen LogP contribution in [0, 0.1) is 0 Å². The molecule has 1 aromatic carbocycles. The average Bonchev–Trinajstić information content (AvgIpc) is 2.89. The maximum Gasteiger partial charge on any atom is 0.271 e. The summed E-state index contributed by atoms with van der Waals surface area (Å²) in [7, 11) is 1.61. The molecular weight excluding hydrogens is 260 g/mol. The molecule has 1 aromatic heterocycles. The second-order valence-corrected chi connectivity index (χ2v) is 5.09. The summed E-state index contributed by atoms with van der Waals surface area (Å²) in [5.74, 6) is -0.164. The highest BCUT2D eigenvalue weighted by Gasteiger charge is 2.13. The number of hydrogen-bond donors (Lipinski definition) is 1. The van der Waals surface area contributed by atoms with Crippen molar-refractivity contribution in [3.63, 3.8) is 0 Å². The number of ether oxygens (including phenoxy) is 1. The summed E-state index contributed by atoms with van der Waals surface area (Å²) >= 11 is 1.47. The first-order valence-corrected chi connectivity index (χ1v) is 6.89. The minimum Gasteiger partial charge on any atom is -0.383 e. The van der Waals surface area contributed by atoms with Gasteiger partial charge in [0.25, 0.3) is 5.91 Å². The van der Waals surface area contributed by atoms with Crippen LogP contribution in [-0.2, 0) is 4.74 Å². The molecule has 2 aromatic rings. The zero-order valence-corrected chi connectivity index (χ0v) is 11.7. The lowest BCUT2D eigenvalue weighted by molar-refractivity contribution is 0.0901. The first kappa shape index (κ1) is 13.7. The van der Waals surface area contributed by atoms with Crippen LogP contribution in [0.5, 0.6) is 0 Å². The molecule has 1 N–H and O–H groups in total. The van der Waals surface area contributed by atoms with E-state index in [0.717, 1.165) is 10.6 Å². The molecule has 0 fully saturated rings. The maximum atomic E-state index is 12.0. The van der Waals surface area contributed by atoms with Crippen molar-refractivity contribution in [2.75, 3.05) is 13.7 Å². The van der Waals surface area contributed by atoms with Gasteiger partial charge in [-0.1, -0.05) is 30.3 Å². The van der Waals surface area contributed by atoms with Crippen molar-refractivity contribution in [3.8, 4) is 10.6 Å². The first-order valence-electron chi connectivity index (χ1n) is 6.01. The van der Waals surface area contributed by atoms with E-state index in [0.29, 0.717) is 12.3 Å². The fraction of sp³-hybridized carbons (Fsp3) is 0.286. The molecule has 0 radical (unpaired) electrons. The topological polar surface area (TPSA) is 51.2 Å². The van der Waals surface area contributed by atoms with Crippen LogP contribution in [0.4, 0.5) is 0 Å². The number of benzene rings is 1. The van der Waals surface area contributed by atoms with Crippen LogP contribution in [0.3, 0.4) is 0 Å². The highest BCUT2D eigenvalue weighted by Crippen LogP contribution is 2.23. The van der Waals surface area contributed by atoms with E-state index in [-0.39, 0.29) is 11.9 Å². The van der Waals surface area contributed by atoms with Gasteiger partial charge in [-0.3, -0.25) is 4.79 Å². The quantitative estimate of drug-likeness (QED) is 0.913. The van der Waals surface area contributed by atoms with Crippen LogP contribution in [-0.4, -0.2) is 30.6 Å². The Bertz CT molecular complexity index is 539. The minimum absolute atomic E-state index is 0.0284. The van der Waals surface area contributed by atoms with E-state index >= 15 is 0 Å². The second kappa shape index (κ2) is 6.45. The first-order chi connectivity index (χ1) is 9.20. The third kappa shape index (κ3) is 3.62. The number of aromatic nitrogens is 1. The fourth-order valence-electron chi connectivity index (χ4n) is 1.68. The molecule has 1 amide bonds. The van der Waals surface area contributed by atoms with Crippen molar-refractivity contribution >= 4 is 17.2 Å². The van der Waals surface area contributed by atoms with Crippen LogP contribution in [0.2, 0.25) is 0 Å². The molecule has 0 saturated carbocycles. The van der Waals surface area contributed by atoms with Gasteiger partial charge in [-0.05, 0) is 6.92 Å². The number of nitrogens with zero attached hydrogens (tertiary/aromatic N) is 1. The predicted molar refractivity (Wildman–Crippen MR) is 76.4 cm³/mol. The third-order valence-electron chi connectivity index (χ3n) is 2.55. The van der Waals surface area contributed by atoms with Gasteiger partial charge >= 0.3 is 0 Å². The molecule has 1 unspecified atom stereocenters. The van der Waals surface area contributed by atoms with Gasteiger partial charge in [-0.15, -0.1) is 11.3 Å². The Morgan fingerprint density at radius 1 is 1.42 bits per heavy atom. The van der Waals surface area contributed by atoms with Gasteiger partial charge in [-0.2, -0.15) is 0 Å². The van der Waals surface area contributed by atoms with Crippen molar-refractivity contribution in [3.05, 3.63) is 41.4 Å². The Balaban J connectivity index is 2.07. The van der Waals surface area contributed by atoms with E-state index in [1.165, 1.54) is 11.3 Å². The Kier molecular flexibility index (Phi) is 4.65. The van der Waals surface area contributed by atoms with Crippen molar-refractivity contribution in [2.24, 2.45) is 0 Å². The van der Waals surface area contributed by atoms with E-state index in [4.69, 9.17) is 4.74 Å². The van der Waals surface area contributed by atoms with Gasteiger partial charge in [0, 0.05) is 24.1 Å². The predicted octanol–water partition coefficient (Wildman–Crippen LogP) is 2.57. The van der Waals surface area contributed by atoms with E-state index in [9.17, 15) is 4.79 Å². The SMILES string of the molecule is COCC(C)NC(=O)c1csc(-c2ccccc2)n1. The summed E-state index contributed by atoms with van der Waals surface area (Å²) in [4.78, 5) is 16.3. The summed E-state index contributed by atoms with van der Waals surface area (Å²) in [6.07, 6.45) is 0. The molecule has 19 heavy (non-hydrogen) atoms. The summed E-state index contributed by atoms with van der Waals surface area (Å²) in [5, 5.41) is 5.47. The van der Waals surface area contributed by atoms with Gasteiger partial charge in [0.2, 0.25) is 0 Å². The molecular formula is C14H16N2O2S. The number of methoxy groups -OCH3 is 1. The Morgan fingerprint density at radius 3 is 2.84 bits per heavy atom. The standard InChI is InChI=1S/C14H16N2O2S/c1-10(8-18-2)15-13(17)12-9-19-14(16-12)11-6-4-3-5-7-11/h3-7,9-10H,8H2,1-2H3,(H,15,17). The number of thiazole rings is 1. The number of carbonyl (C=O) groups excluding carboxylic acids is 1. The van der Waals surface area contributed by atoms with Gasteiger partial charge < -0.3 is 10.1 Å². The lowest BCUT2D eigenvalue weighted by Crippen LogP contribution is -2.35. The molecule has 4 nitrogen and oxygen atoms in total. The molecule has 0 aliphatic heterocycles.